The summed E-state index contributed by atoms with van der Waals surface area (Å²) in [4.78, 5) is 11.2. The SMILES string of the molecule is O=C(Oc1ccc([Te]c2ccc(O)cc2)cc1)C(F)(F)S(=O)(=O)O. The number of carbonyl (C=O) groups is 1. The molecule has 0 aliphatic carbocycles. The molecular weight excluding hydrogens is 462 g/mol. The van der Waals surface area contributed by atoms with Crippen molar-refractivity contribution in [1.29, 1.82) is 0 Å². The van der Waals surface area contributed by atoms with E-state index in [2.05, 4.69) is 4.74 Å². The van der Waals surface area contributed by atoms with Crippen molar-refractivity contribution in [3.8, 4) is 11.5 Å². The molecule has 0 fully saturated rings. The molecule has 0 amide bonds. The van der Waals surface area contributed by atoms with E-state index < -0.39 is 42.3 Å². The fourth-order valence-electron chi connectivity index (χ4n) is 1.50. The van der Waals surface area contributed by atoms with Gasteiger partial charge in [-0.05, 0) is 0 Å². The number of alkyl halides is 2. The van der Waals surface area contributed by atoms with Crippen LogP contribution in [0.2, 0.25) is 0 Å². The van der Waals surface area contributed by atoms with Crippen molar-refractivity contribution in [3.63, 3.8) is 0 Å². The average Bonchev–Trinajstić information content (AvgIpc) is 2.50. The molecule has 0 heterocycles. The van der Waals surface area contributed by atoms with Gasteiger partial charge in [-0.15, -0.1) is 0 Å². The van der Waals surface area contributed by atoms with Crippen LogP contribution in [-0.2, 0) is 14.9 Å². The first-order chi connectivity index (χ1) is 11.1. The van der Waals surface area contributed by atoms with Crippen LogP contribution >= 0.6 is 0 Å². The zero-order valence-corrected chi connectivity index (χ0v) is 14.9. The van der Waals surface area contributed by atoms with Crippen molar-refractivity contribution in [2.24, 2.45) is 0 Å². The van der Waals surface area contributed by atoms with E-state index in [1.807, 2.05) is 0 Å². The summed E-state index contributed by atoms with van der Waals surface area (Å²) in [7, 11) is -5.90. The van der Waals surface area contributed by atoms with Crippen LogP contribution in [0.5, 0.6) is 11.5 Å². The van der Waals surface area contributed by atoms with Crippen molar-refractivity contribution in [3.05, 3.63) is 48.5 Å². The van der Waals surface area contributed by atoms with E-state index in [0.717, 1.165) is 7.22 Å². The number of phenols is 1. The molecule has 0 bridgehead atoms. The molecule has 0 aliphatic heterocycles. The van der Waals surface area contributed by atoms with Crippen LogP contribution in [0.15, 0.2) is 48.5 Å². The number of carbonyl (C=O) groups excluding carboxylic acids is 1. The summed E-state index contributed by atoms with van der Waals surface area (Å²) in [5, 5.41) is 4.17. The van der Waals surface area contributed by atoms with E-state index in [1.165, 1.54) is 12.1 Å². The number of phenolic OH excluding ortho intramolecular Hbond substituents is 1. The number of rotatable bonds is 5. The van der Waals surface area contributed by atoms with Crippen LogP contribution in [-0.4, -0.2) is 50.2 Å². The average molecular weight is 472 g/mol. The van der Waals surface area contributed by atoms with Crippen LogP contribution in [0.25, 0.3) is 0 Å². The van der Waals surface area contributed by atoms with Crippen LogP contribution < -0.4 is 12.0 Å². The predicted molar refractivity (Wildman–Crippen MR) is 81.7 cm³/mol. The van der Waals surface area contributed by atoms with E-state index in [1.54, 1.807) is 36.4 Å². The Hall–Kier alpha value is -1.73. The standard InChI is InChI=1S/C14H10F2O6STe/c15-14(16,23(19,20)21)13(18)22-10-3-7-12(8-4-10)24-11-5-1-9(17)2-6-11/h1-8,17H,(H,19,20,21). The van der Waals surface area contributed by atoms with Gasteiger partial charge in [-0.3, -0.25) is 0 Å². The molecule has 2 aromatic carbocycles. The molecular formula is C14H10F2O6STe. The number of aromatic hydroxyl groups is 1. The summed E-state index contributed by atoms with van der Waals surface area (Å²) in [5.41, 5.74) is 0. The second kappa shape index (κ2) is 7.03. The molecule has 2 aromatic rings. The van der Waals surface area contributed by atoms with Gasteiger partial charge in [0.1, 0.15) is 0 Å². The number of halogens is 2. The van der Waals surface area contributed by atoms with Crippen LogP contribution in [0, 0.1) is 0 Å². The molecule has 0 spiro atoms. The van der Waals surface area contributed by atoms with E-state index in [4.69, 9.17) is 4.55 Å². The molecule has 0 aliphatic rings. The van der Waals surface area contributed by atoms with Crippen molar-refractivity contribution in [2.45, 2.75) is 5.25 Å². The molecule has 10 heteroatoms. The van der Waals surface area contributed by atoms with Crippen molar-refractivity contribution < 1.29 is 36.4 Å². The van der Waals surface area contributed by atoms with E-state index in [0.29, 0.717) is 0 Å². The Labute approximate surface area is 145 Å². The Morgan fingerprint density at radius 2 is 1.46 bits per heavy atom. The molecule has 0 atom stereocenters. The fourth-order valence-corrected chi connectivity index (χ4v) is 4.08. The molecule has 6 nitrogen and oxygen atoms in total. The molecule has 0 aromatic heterocycles. The Bertz CT molecular complexity index is 835. The summed E-state index contributed by atoms with van der Waals surface area (Å²) in [6, 6.07) is 12.2. The quantitative estimate of drug-likeness (QED) is 0.284. The topological polar surface area (TPSA) is 101 Å². The Balaban J connectivity index is 2.07. The first-order valence-electron chi connectivity index (χ1n) is 6.23. The molecule has 2 rings (SSSR count). The number of hydrogen-bond acceptors (Lipinski definition) is 5. The van der Waals surface area contributed by atoms with Crippen LogP contribution in [0.1, 0.15) is 0 Å². The van der Waals surface area contributed by atoms with Gasteiger partial charge < -0.3 is 0 Å². The third-order valence-corrected chi connectivity index (χ3v) is 6.38. The first-order valence-corrected chi connectivity index (χ1v) is 10.0. The van der Waals surface area contributed by atoms with E-state index in [-0.39, 0.29) is 11.5 Å². The Morgan fingerprint density at radius 3 is 1.92 bits per heavy atom. The number of hydrogen-bond donors (Lipinski definition) is 2. The van der Waals surface area contributed by atoms with Gasteiger partial charge in [-0.25, -0.2) is 0 Å². The second-order valence-electron chi connectivity index (χ2n) is 4.45. The molecule has 0 radical (unpaired) electrons. The summed E-state index contributed by atoms with van der Waals surface area (Å²) in [5.74, 6) is -2.51. The maximum absolute atomic E-state index is 13.1. The van der Waals surface area contributed by atoms with E-state index in [9.17, 15) is 27.1 Å². The fraction of sp³-hybridized carbons (Fsp3) is 0.0714. The van der Waals surface area contributed by atoms with Gasteiger partial charge in [-0.1, -0.05) is 0 Å². The molecule has 2 N–H and O–H groups in total. The molecule has 0 saturated carbocycles. The van der Waals surface area contributed by atoms with Gasteiger partial charge in [0, 0.05) is 0 Å². The van der Waals surface area contributed by atoms with E-state index >= 15 is 0 Å². The molecule has 128 valence electrons. The van der Waals surface area contributed by atoms with Crippen molar-refractivity contribution >= 4 is 44.2 Å². The van der Waals surface area contributed by atoms with Crippen LogP contribution in [0.4, 0.5) is 8.78 Å². The number of esters is 1. The van der Waals surface area contributed by atoms with Gasteiger partial charge in [-0.2, -0.15) is 0 Å². The third kappa shape index (κ3) is 4.42. The summed E-state index contributed by atoms with van der Waals surface area (Å²) in [6.45, 7) is 0. The molecule has 0 unspecified atom stereocenters. The van der Waals surface area contributed by atoms with Gasteiger partial charge in [0.2, 0.25) is 0 Å². The van der Waals surface area contributed by atoms with Gasteiger partial charge in [0.05, 0.1) is 0 Å². The zero-order valence-electron chi connectivity index (χ0n) is 11.7. The third-order valence-electron chi connectivity index (χ3n) is 2.67. The monoisotopic (exact) mass is 474 g/mol. The Kier molecular flexibility index (Phi) is 5.45. The Morgan fingerprint density at radius 1 is 1.00 bits per heavy atom. The summed E-state index contributed by atoms with van der Waals surface area (Å²) >= 11 is -0.791. The summed E-state index contributed by atoms with van der Waals surface area (Å²) < 4.78 is 61.6. The minimum atomic E-state index is -5.90. The zero-order chi connectivity index (χ0) is 18.0. The minimum absolute atomic E-state index is 0.147. The van der Waals surface area contributed by atoms with Crippen molar-refractivity contribution in [1.82, 2.24) is 0 Å². The normalized spacial score (nSPS) is 12.0. The second-order valence-corrected chi connectivity index (χ2v) is 9.19. The first kappa shape index (κ1) is 18.6. The summed E-state index contributed by atoms with van der Waals surface area (Å²) in [6.07, 6.45) is 0. The van der Waals surface area contributed by atoms with Crippen molar-refractivity contribution in [2.75, 3.05) is 0 Å². The predicted octanol–water partition coefficient (Wildman–Crippen LogP) is 0.433. The molecule has 24 heavy (non-hydrogen) atoms. The molecule has 0 saturated heterocycles. The number of benzene rings is 2. The van der Waals surface area contributed by atoms with Gasteiger partial charge >= 0.3 is 146 Å². The van der Waals surface area contributed by atoms with Crippen LogP contribution in [0.3, 0.4) is 0 Å². The van der Waals surface area contributed by atoms with Gasteiger partial charge in [0.15, 0.2) is 0 Å². The number of ether oxygens (including phenoxy) is 1. The maximum atomic E-state index is 13.1. The van der Waals surface area contributed by atoms with Gasteiger partial charge in [0.25, 0.3) is 0 Å².